The van der Waals surface area contributed by atoms with Crippen LogP contribution in [0.4, 0.5) is 0 Å². The van der Waals surface area contributed by atoms with Crippen LogP contribution in [0.1, 0.15) is 30.3 Å². The molecule has 0 heterocycles. The molecule has 3 heteroatoms. The molecule has 0 aliphatic heterocycles. The normalized spacial score (nSPS) is 15.7. The van der Waals surface area contributed by atoms with Gasteiger partial charge in [0.25, 0.3) is 6.29 Å². The van der Waals surface area contributed by atoms with E-state index in [9.17, 15) is 4.79 Å². The molecule has 1 unspecified atom stereocenters. The summed E-state index contributed by atoms with van der Waals surface area (Å²) in [4.78, 5) is 13.0. The highest BCUT2D eigenvalue weighted by atomic mass is 16.7. The Morgan fingerprint density at radius 1 is 0.821 bits per heavy atom. The number of esters is 1. The summed E-state index contributed by atoms with van der Waals surface area (Å²) in [5.74, 6) is 0.415. The van der Waals surface area contributed by atoms with Gasteiger partial charge in [-0.25, -0.2) is 0 Å². The van der Waals surface area contributed by atoms with Crippen molar-refractivity contribution in [2.24, 2.45) is 5.41 Å². The van der Waals surface area contributed by atoms with Gasteiger partial charge in [0, 0.05) is 5.56 Å². The van der Waals surface area contributed by atoms with E-state index in [-0.39, 0.29) is 5.97 Å². The van der Waals surface area contributed by atoms with E-state index < -0.39 is 11.7 Å². The van der Waals surface area contributed by atoms with Crippen molar-refractivity contribution in [1.29, 1.82) is 0 Å². The Bertz CT molecular complexity index is 929. The van der Waals surface area contributed by atoms with Gasteiger partial charge in [-0.05, 0) is 30.5 Å². The summed E-state index contributed by atoms with van der Waals surface area (Å²) in [7, 11) is 0. The minimum absolute atomic E-state index is 0.246. The molecular weight excluding hydrogens is 348 g/mol. The van der Waals surface area contributed by atoms with Gasteiger partial charge in [-0.2, -0.15) is 0 Å². The van der Waals surface area contributed by atoms with Crippen molar-refractivity contribution < 1.29 is 14.3 Å². The van der Waals surface area contributed by atoms with Crippen LogP contribution in [0.3, 0.4) is 0 Å². The highest BCUT2D eigenvalue weighted by Crippen LogP contribution is 2.49. The van der Waals surface area contributed by atoms with E-state index >= 15 is 0 Å². The molecule has 0 N–H and O–H groups in total. The molecule has 3 aromatic rings. The third kappa shape index (κ3) is 4.32. The fourth-order valence-corrected chi connectivity index (χ4v) is 3.00. The minimum Gasteiger partial charge on any atom is -0.450 e. The zero-order chi connectivity index (χ0) is 19.2. The molecule has 0 saturated heterocycles. The summed E-state index contributed by atoms with van der Waals surface area (Å²) in [5.41, 5.74) is 1.33. The summed E-state index contributed by atoms with van der Waals surface area (Å²) in [6, 6.07) is 28.9. The van der Waals surface area contributed by atoms with Crippen LogP contribution in [0.5, 0.6) is 5.75 Å². The SMILES string of the molecule is O=C(OC(Oc1ccccc1)c1ccccc1)C1(C=Cc2ccccc2)CC1. The number of hydrogen-bond acceptors (Lipinski definition) is 3. The standard InChI is InChI=1S/C25H22O3/c26-24(25(18-19-25)17-16-20-10-4-1-5-11-20)28-23(21-12-6-2-7-13-21)27-22-14-8-3-9-15-22/h1-17,23H,18-19H2. The van der Waals surface area contributed by atoms with Crippen LogP contribution in [0.2, 0.25) is 0 Å². The molecule has 1 aliphatic rings. The topological polar surface area (TPSA) is 35.5 Å². The Morgan fingerprint density at radius 2 is 1.39 bits per heavy atom. The van der Waals surface area contributed by atoms with Gasteiger partial charge in [-0.1, -0.05) is 91.0 Å². The first-order valence-corrected chi connectivity index (χ1v) is 9.47. The van der Waals surface area contributed by atoms with Crippen molar-refractivity contribution in [2.75, 3.05) is 0 Å². The first kappa shape index (κ1) is 18.1. The fraction of sp³-hybridized carbons (Fsp3) is 0.160. The van der Waals surface area contributed by atoms with Gasteiger partial charge in [0.1, 0.15) is 5.75 Å². The van der Waals surface area contributed by atoms with Crippen LogP contribution in [-0.4, -0.2) is 5.97 Å². The van der Waals surface area contributed by atoms with Crippen molar-refractivity contribution in [3.63, 3.8) is 0 Å². The lowest BCUT2D eigenvalue weighted by molar-refractivity contribution is -0.169. The van der Waals surface area contributed by atoms with E-state index in [0.29, 0.717) is 5.75 Å². The number of benzene rings is 3. The monoisotopic (exact) mass is 370 g/mol. The minimum atomic E-state index is -0.779. The maximum absolute atomic E-state index is 13.0. The van der Waals surface area contributed by atoms with Gasteiger partial charge in [-0.3, -0.25) is 4.79 Å². The summed E-state index contributed by atoms with van der Waals surface area (Å²) in [6.45, 7) is 0. The third-order valence-corrected chi connectivity index (χ3v) is 4.86. The van der Waals surface area contributed by atoms with Gasteiger partial charge in [0.05, 0.1) is 5.41 Å². The average molecular weight is 370 g/mol. The number of hydrogen-bond donors (Lipinski definition) is 0. The van der Waals surface area contributed by atoms with Crippen LogP contribution < -0.4 is 4.74 Å². The second-order valence-electron chi connectivity index (χ2n) is 6.98. The number of para-hydroxylation sites is 1. The number of carbonyl (C=O) groups excluding carboxylic acids is 1. The molecule has 1 fully saturated rings. The molecular formula is C25H22O3. The lowest BCUT2D eigenvalue weighted by Gasteiger charge is -2.22. The van der Waals surface area contributed by atoms with Gasteiger partial charge in [0.2, 0.25) is 0 Å². The number of ether oxygens (including phenoxy) is 2. The second kappa shape index (κ2) is 8.13. The van der Waals surface area contributed by atoms with Gasteiger partial charge >= 0.3 is 5.97 Å². The Labute approximate surface area is 165 Å². The predicted octanol–water partition coefficient (Wildman–Crippen LogP) is 5.80. The van der Waals surface area contributed by atoms with Crippen molar-refractivity contribution >= 4 is 12.0 Å². The smallest absolute Gasteiger partial charge is 0.319 e. The van der Waals surface area contributed by atoms with Crippen LogP contribution >= 0.6 is 0 Å². The first-order valence-electron chi connectivity index (χ1n) is 9.47. The van der Waals surface area contributed by atoms with Crippen molar-refractivity contribution in [2.45, 2.75) is 19.1 Å². The molecule has 0 aromatic heterocycles. The Balaban J connectivity index is 1.51. The summed E-state index contributed by atoms with van der Waals surface area (Å²) >= 11 is 0. The largest absolute Gasteiger partial charge is 0.450 e. The maximum Gasteiger partial charge on any atom is 0.319 e. The Hall–Kier alpha value is -3.33. The molecule has 140 valence electrons. The van der Waals surface area contributed by atoms with E-state index in [2.05, 4.69) is 0 Å². The van der Waals surface area contributed by atoms with Crippen LogP contribution in [-0.2, 0) is 9.53 Å². The van der Waals surface area contributed by atoms with Crippen molar-refractivity contribution in [3.8, 4) is 5.75 Å². The van der Waals surface area contributed by atoms with Crippen LogP contribution in [0, 0.1) is 5.41 Å². The molecule has 28 heavy (non-hydrogen) atoms. The molecule has 1 aliphatic carbocycles. The van der Waals surface area contributed by atoms with Gasteiger partial charge in [-0.15, -0.1) is 0 Å². The number of carbonyl (C=O) groups is 1. The molecule has 0 radical (unpaired) electrons. The zero-order valence-electron chi connectivity index (χ0n) is 15.5. The Morgan fingerprint density at radius 3 is 2.00 bits per heavy atom. The fourth-order valence-electron chi connectivity index (χ4n) is 3.00. The van der Waals surface area contributed by atoms with E-state index in [1.807, 2.05) is 103 Å². The molecule has 1 saturated carbocycles. The molecule has 0 amide bonds. The predicted molar refractivity (Wildman–Crippen MR) is 109 cm³/mol. The molecule has 3 nitrogen and oxygen atoms in total. The number of rotatable bonds is 7. The van der Waals surface area contributed by atoms with E-state index in [1.165, 1.54) is 0 Å². The Kier molecular flexibility index (Phi) is 5.24. The zero-order valence-corrected chi connectivity index (χ0v) is 15.5. The van der Waals surface area contributed by atoms with Gasteiger partial charge in [0.15, 0.2) is 0 Å². The molecule has 3 aromatic carbocycles. The second-order valence-corrected chi connectivity index (χ2v) is 6.98. The summed E-state index contributed by atoms with van der Waals surface area (Å²) in [5, 5.41) is 0. The van der Waals surface area contributed by atoms with E-state index in [4.69, 9.17) is 9.47 Å². The highest BCUT2D eigenvalue weighted by Gasteiger charge is 2.50. The molecule has 1 atom stereocenters. The third-order valence-electron chi connectivity index (χ3n) is 4.86. The maximum atomic E-state index is 13.0. The quantitative estimate of drug-likeness (QED) is 0.389. The molecule has 4 rings (SSSR count). The van der Waals surface area contributed by atoms with Gasteiger partial charge < -0.3 is 9.47 Å². The molecule has 0 spiro atoms. The first-order chi connectivity index (χ1) is 13.8. The highest BCUT2D eigenvalue weighted by molar-refractivity contribution is 5.83. The molecule has 0 bridgehead atoms. The lowest BCUT2D eigenvalue weighted by atomic mass is 10.1. The van der Waals surface area contributed by atoms with Crippen molar-refractivity contribution in [3.05, 3.63) is 108 Å². The van der Waals surface area contributed by atoms with E-state index in [0.717, 1.165) is 24.0 Å². The van der Waals surface area contributed by atoms with Crippen LogP contribution in [0.25, 0.3) is 6.08 Å². The average Bonchev–Trinajstić information content (AvgIpc) is 3.55. The van der Waals surface area contributed by atoms with E-state index in [1.54, 1.807) is 0 Å². The summed E-state index contributed by atoms with van der Waals surface area (Å²) < 4.78 is 11.8. The summed E-state index contributed by atoms with van der Waals surface area (Å²) in [6.07, 6.45) is 4.77. The van der Waals surface area contributed by atoms with Crippen LogP contribution in [0.15, 0.2) is 97.1 Å². The van der Waals surface area contributed by atoms with Crippen molar-refractivity contribution in [1.82, 2.24) is 0 Å². The lowest BCUT2D eigenvalue weighted by Crippen LogP contribution is -2.23.